The first-order chi connectivity index (χ1) is 19.8. The molecule has 2 heterocycles. The molecule has 4 atom stereocenters. The van der Waals surface area contributed by atoms with Crippen molar-refractivity contribution < 1.29 is 37.0 Å². The summed E-state index contributed by atoms with van der Waals surface area (Å²) >= 11 is 0. The highest BCUT2D eigenvalue weighted by atomic mass is 32.2. The van der Waals surface area contributed by atoms with E-state index in [1.165, 1.54) is 12.0 Å². The van der Waals surface area contributed by atoms with Crippen molar-refractivity contribution in [1.29, 1.82) is 0 Å². The topological polar surface area (TPSA) is 144 Å². The number of fused-ring (bicyclic) bond motifs is 1. The highest BCUT2D eigenvalue weighted by Crippen LogP contribution is 2.39. The molecule has 12 nitrogen and oxygen atoms in total. The lowest BCUT2D eigenvalue weighted by atomic mass is 10.1. The van der Waals surface area contributed by atoms with E-state index in [9.17, 15) is 22.8 Å². The number of nitrogens with one attached hydrogen (secondary N) is 1. The number of hydrogen-bond acceptors (Lipinski definition) is 9. The number of rotatable bonds is 8. The molecule has 4 unspecified atom stereocenters. The van der Waals surface area contributed by atoms with Gasteiger partial charge in [-0.25, -0.2) is 27.7 Å². The number of nitrogens with zero attached hydrogens (tertiary/aromatic N) is 3. The molecule has 4 amide bonds. The minimum absolute atomic E-state index is 0.0237. The molecule has 2 aliphatic carbocycles. The molecule has 1 aromatic heterocycles. The monoisotopic (exact) mass is 600 g/mol. The highest BCUT2D eigenvalue weighted by molar-refractivity contribution is 7.90. The van der Waals surface area contributed by atoms with Crippen LogP contribution in [-0.4, -0.2) is 83.9 Å². The minimum Gasteiger partial charge on any atom is -0.496 e. The van der Waals surface area contributed by atoms with E-state index in [1.54, 1.807) is 39.1 Å². The summed E-state index contributed by atoms with van der Waals surface area (Å²) in [5, 5.41) is 0.817. The summed E-state index contributed by atoms with van der Waals surface area (Å²) in [7, 11) is -2.38. The van der Waals surface area contributed by atoms with Crippen LogP contribution >= 0.6 is 0 Å². The highest BCUT2D eigenvalue weighted by Gasteiger charge is 2.52. The van der Waals surface area contributed by atoms with E-state index >= 15 is 0 Å². The number of benzene rings is 1. The zero-order valence-electron chi connectivity index (χ0n) is 24.1. The third-order valence-electron chi connectivity index (χ3n) is 7.48. The van der Waals surface area contributed by atoms with Gasteiger partial charge in [0.15, 0.2) is 0 Å². The number of amides is 4. The van der Waals surface area contributed by atoms with Crippen molar-refractivity contribution in [2.75, 3.05) is 13.7 Å². The van der Waals surface area contributed by atoms with Crippen LogP contribution in [-0.2, 0) is 19.6 Å². The second-order valence-corrected chi connectivity index (χ2v) is 13.8. The smallest absolute Gasteiger partial charge is 0.411 e. The van der Waals surface area contributed by atoms with Gasteiger partial charge in [-0.2, -0.15) is 0 Å². The van der Waals surface area contributed by atoms with E-state index in [0.717, 1.165) is 10.3 Å². The van der Waals surface area contributed by atoms with Crippen LogP contribution in [0.1, 0.15) is 46.5 Å². The molecule has 1 aromatic carbocycles. The van der Waals surface area contributed by atoms with E-state index < -0.39 is 57.1 Å². The Morgan fingerprint density at radius 2 is 1.90 bits per heavy atom. The van der Waals surface area contributed by atoms with E-state index in [2.05, 4.69) is 16.3 Å². The van der Waals surface area contributed by atoms with Gasteiger partial charge in [-0.3, -0.25) is 14.6 Å². The number of carbonyl (C=O) groups excluding carboxylic acids is 3. The van der Waals surface area contributed by atoms with Gasteiger partial charge in [0.1, 0.15) is 23.5 Å². The third-order valence-corrected chi connectivity index (χ3v) is 9.29. The number of urea groups is 1. The fraction of sp³-hybridized carbons (Fsp3) is 0.517. The van der Waals surface area contributed by atoms with Crippen LogP contribution in [0, 0.1) is 5.92 Å². The van der Waals surface area contributed by atoms with Gasteiger partial charge in [0.25, 0.3) is 5.91 Å². The lowest BCUT2D eigenvalue weighted by molar-refractivity contribution is -0.133. The van der Waals surface area contributed by atoms with E-state index in [-0.39, 0.29) is 24.8 Å². The fourth-order valence-electron chi connectivity index (χ4n) is 5.18. The molecule has 2 saturated carbocycles. The Bertz CT molecular complexity index is 1510. The number of imide groups is 1. The van der Waals surface area contributed by atoms with Gasteiger partial charge in [-0.1, -0.05) is 18.2 Å². The minimum atomic E-state index is -3.92. The summed E-state index contributed by atoms with van der Waals surface area (Å²) in [6.45, 7) is 8.86. The zero-order chi connectivity index (χ0) is 30.4. The number of aromatic nitrogens is 1. The number of carbonyl (C=O) groups is 3. The van der Waals surface area contributed by atoms with Crippen molar-refractivity contribution in [1.82, 2.24) is 19.5 Å². The zero-order valence-corrected chi connectivity index (χ0v) is 24.9. The number of ether oxygens (including phenoxy) is 3. The second-order valence-electron chi connectivity index (χ2n) is 11.9. The van der Waals surface area contributed by atoms with Gasteiger partial charge >= 0.3 is 12.1 Å². The van der Waals surface area contributed by atoms with E-state index in [1.807, 2.05) is 18.2 Å². The molecule has 3 aliphatic rings. The SMILES string of the molecule is C=CC1CC1N(C(=O)NS(=O)(=O)C1CC1)C(=O)C1CC(Oc2nccc3cccc(OC)c23)CN1C(=O)OC(C)(C)C. The summed E-state index contributed by atoms with van der Waals surface area (Å²) in [6.07, 6.45) is 3.16. The van der Waals surface area contributed by atoms with Crippen LogP contribution in [0.2, 0.25) is 0 Å². The number of methoxy groups -OCH3 is 1. The Hall–Kier alpha value is -3.87. The summed E-state index contributed by atoms with van der Waals surface area (Å²) in [6, 6.07) is 4.57. The molecule has 1 aliphatic heterocycles. The molecule has 3 fully saturated rings. The number of likely N-dealkylation sites (tertiary alicyclic amines) is 1. The van der Waals surface area contributed by atoms with Gasteiger partial charge in [-0.05, 0) is 63.5 Å². The van der Waals surface area contributed by atoms with Crippen molar-refractivity contribution in [3.05, 3.63) is 43.1 Å². The average Bonchev–Trinajstić information content (AvgIpc) is 3.85. The Labute approximate surface area is 245 Å². The van der Waals surface area contributed by atoms with Crippen molar-refractivity contribution in [2.45, 2.75) is 75.5 Å². The molecule has 13 heteroatoms. The lowest BCUT2D eigenvalue weighted by Gasteiger charge is -2.30. The molecular formula is C29H36N4O8S. The van der Waals surface area contributed by atoms with Crippen molar-refractivity contribution in [3.63, 3.8) is 0 Å². The van der Waals surface area contributed by atoms with Crippen molar-refractivity contribution in [2.24, 2.45) is 5.92 Å². The Morgan fingerprint density at radius 3 is 2.52 bits per heavy atom. The largest absolute Gasteiger partial charge is 0.496 e. The first kappa shape index (κ1) is 29.6. The Morgan fingerprint density at radius 1 is 1.17 bits per heavy atom. The molecule has 2 aromatic rings. The quantitative estimate of drug-likeness (QED) is 0.449. The lowest BCUT2D eigenvalue weighted by Crippen LogP contribution is -2.55. The van der Waals surface area contributed by atoms with Gasteiger partial charge in [0, 0.05) is 18.7 Å². The van der Waals surface area contributed by atoms with Crippen LogP contribution in [0.15, 0.2) is 43.1 Å². The molecule has 42 heavy (non-hydrogen) atoms. The van der Waals surface area contributed by atoms with E-state index in [4.69, 9.17) is 14.2 Å². The third kappa shape index (κ3) is 6.15. The molecule has 5 rings (SSSR count). The maximum atomic E-state index is 14.1. The normalized spacial score (nSPS) is 23.7. The van der Waals surface area contributed by atoms with Gasteiger partial charge in [0.2, 0.25) is 15.9 Å². The van der Waals surface area contributed by atoms with Crippen LogP contribution in [0.3, 0.4) is 0 Å². The maximum absolute atomic E-state index is 14.1. The number of sulfonamides is 1. The van der Waals surface area contributed by atoms with Crippen LogP contribution in [0.4, 0.5) is 9.59 Å². The molecule has 226 valence electrons. The number of pyridine rings is 1. The molecular weight excluding hydrogens is 564 g/mol. The van der Waals surface area contributed by atoms with Gasteiger partial charge in [-0.15, -0.1) is 6.58 Å². The summed E-state index contributed by atoms with van der Waals surface area (Å²) in [5.41, 5.74) is -0.853. The molecule has 1 N–H and O–H groups in total. The van der Waals surface area contributed by atoms with Crippen molar-refractivity contribution in [3.8, 4) is 11.6 Å². The standard InChI is InChI=1S/C29H36N4O8S/c1-6-17-14-21(17)33(27(35)31-42(37,38)20-10-11-20)26(34)22-15-19(16-32(22)28(36)41-29(2,3)4)40-25-24-18(12-13-30-25)8-7-9-23(24)39-5/h6-9,12-13,17,19-22H,1,10-11,14-16H2,2-5H3,(H,31,35). The first-order valence-corrected chi connectivity index (χ1v) is 15.5. The predicted octanol–water partition coefficient (Wildman–Crippen LogP) is 3.61. The average molecular weight is 601 g/mol. The summed E-state index contributed by atoms with van der Waals surface area (Å²) < 4.78 is 44.6. The molecule has 0 radical (unpaired) electrons. The number of hydrogen-bond donors (Lipinski definition) is 1. The summed E-state index contributed by atoms with van der Waals surface area (Å²) in [5.74, 6) is -0.0762. The van der Waals surface area contributed by atoms with Crippen LogP contribution < -0.4 is 14.2 Å². The van der Waals surface area contributed by atoms with Gasteiger partial charge < -0.3 is 14.2 Å². The van der Waals surface area contributed by atoms with Crippen LogP contribution in [0.25, 0.3) is 10.8 Å². The Kier molecular flexibility index (Phi) is 7.82. The maximum Gasteiger partial charge on any atom is 0.411 e. The molecule has 1 saturated heterocycles. The molecule has 0 spiro atoms. The second kappa shape index (κ2) is 11.1. The predicted molar refractivity (Wildman–Crippen MR) is 153 cm³/mol. The Balaban J connectivity index is 1.44. The first-order valence-electron chi connectivity index (χ1n) is 13.9. The summed E-state index contributed by atoms with van der Waals surface area (Å²) in [4.78, 5) is 47.3. The van der Waals surface area contributed by atoms with Crippen molar-refractivity contribution >= 4 is 38.8 Å². The fourth-order valence-corrected chi connectivity index (χ4v) is 6.45. The van der Waals surface area contributed by atoms with Gasteiger partial charge in [0.05, 0.1) is 24.3 Å². The van der Waals surface area contributed by atoms with Crippen LogP contribution in [0.5, 0.6) is 11.6 Å². The molecule has 0 bridgehead atoms. The van der Waals surface area contributed by atoms with E-state index in [0.29, 0.717) is 30.4 Å².